The summed E-state index contributed by atoms with van der Waals surface area (Å²) in [5, 5.41) is 0. The molecule has 0 saturated carbocycles. The highest BCUT2D eigenvalue weighted by atomic mass is 79.9. The summed E-state index contributed by atoms with van der Waals surface area (Å²) >= 11 is 3.49. The molecule has 0 atom stereocenters. The quantitative estimate of drug-likeness (QED) is 0.861. The fraction of sp³-hybridized carbons (Fsp3) is 0.0909. The Bertz CT molecular complexity index is 497. The first-order chi connectivity index (χ1) is 7.18. The van der Waals surface area contributed by atoms with Crippen LogP contribution < -0.4 is 5.73 Å². The highest BCUT2D eigenvalue weighted by Gasteiger charge is 2.07. The van der Waals surface area contributed by atoms with Gasteiger partial charge in [0, 0.05) is 16.2 Å². The van der Waals surface area contributed by atoms with Crippen LogP contribution in [0.25, 0.3) is 11.3 Å². The number of aromatic nitrogens is 2. The van der Waals surface area contributed by atoms with E-state index in [2.05, 4.69) is 25.9 Å². The Labute approximate surface area is 96.5 Å². The van der Waals surface area contributed by atoms with Crippen LogP contribution in [0.5, 0.6) is 0 Å². The first-order valence-electron chi connectivity index (χ1n) is 4.52. The van der Waals surface area contributed by atoms with Crippen molar-refractivity contribution in [2.75, 3.05) is 5.73 Å². The zero-order valence-corrected chi connectivity index (χ0v) is 9.82. The maximum absolute atomic E-state index is 5.58. The molecule has 2 aromatic rings. The minimum Gasteiger partial charge on any atom is -0.368 e. The van der Waals surface area contributed by atoms with Crippen LogP contribution in [-0.2, 0) is 0 Å². The predicted molar refractivity (Wildman–Crippen MR) is 64.3 cm³/mol. The minimum atomic E-state index is 0.298. The molecule has 15 heavy (non-hydrogen) atoms. The number of benzene rings is 1. The largest absolute Gasteiger partial charge is 0.368 e. The van der Waals surface area contributed by atoms with E-state index in [0.29, 0.717) is 5.95 Å². The lowest BCUT2D eigenvalue weighted by Gasteiger charge is -2.06. The molecule has 0 fully saturated rings. The monoisotopic (exact) mass is 263 g/mol. The topological polar surface area (TPSA) is 51.8 Å². The molecule has 0 spiro atoms. The fourth-order valence-electron chi connectivity index (χ4n) is 1.38. The van der Waals surface area contributed by atoms with Crippen molar-refractivity contribution < 1.29 is 0 Å². The third kappa shape index (κ3) is 1.99. The molecule has 0 amide bonds. The standard InChI is InChI=1S/C11H10BrN3/c1-7-6-14-11(13)15-10(7)8-4-2-3-5-9(8)12/h2-6H,1H3,(H2,13,14,15). The Kier molecular flexibility index (Phi) is 2.68. The summed E-state index contributed by atoms with van der Waals surface area (Å²) in [6.45, 7) is 1.97. The Morgan fingerprint density at radius 1 is 1.27 bits per heavy atom. The smallest absolute Gasteiger partial charge is 0.220 e. The number of nitrogens with zero attached hydrogens (tertiary/aromatic N) is 2. The van der Waals surface area contributed by atoms with Gasteiger partial charge in [0.1, 0.15) is 0 Å². The van der Waals surface area contributed by atoms with Crippen molar-refractivity contribution in [3.63, 3.8) is 0 Å². The normalized spacial score (nSPS) is 10.3. The van der Waals surface area contributed by atoms with Gasteiger partial charge >= 0.3 is 0 Å². The molecular weight excluding hydrogens is 254 g/mol. The molecule has 76 valence electrons. The molecule has 0 bridgehead atoms. The SMILES string of the molecule is Cc1cnc(N)nc1-c1ccccc1Br. The van der Waals surface area contributed by atoms with Gasteiger partial charge in [0.05, 0.1) is 5.69 Å². The summed E-state index contributed by atoms with van der Waals surface area (Å²) < 4.78 is 1.01. The van der Waals surface area contributed by atoms with Gasteiger partial charge < -0.3 is 5.73 Å². The molecule has 0 unspecified atom stereocenters. The Balaban J connectivity index is 2.64. The van der Waals surface area contributed by atoms with E-state index in [1.165, 1.54) is 0 Å². The zero-order valence-electron chi connectivity index (χ0n) is 8.24. The van der Waals surface area contributed by atoms with Gasteiger partial charge in [0.15, 0.2) is 0 Å². The van der Waals surface area contributed by atoms with Gasteiger partial charge in [-0.2, -0.15) is 0 Å². The first-order valence-corrected chi connectivity index (χ1v) is 5.32. The highest BCUT2D eigenvalue weighted by Crippen LogP contribution is 2.28. The molecule has 1 aromatic heterocycles. The summed E-state index contributed by atoms with van der Waals surface area (Å²) in [6, 6.07) is 7.91. The minimum absolute atomic E-state index is 0.298. The van der Waals surface area contributed by atoms with Crippen molar-refractivity contribution in [1.29, 1.82) is 0 Å². The van der Waals surface area contributed by atoms with E-state index in [9.17, 15) is 0 Å². The number of halogens is 1. The number of anilines is 1. The van der Waals surface area contributed by atoms with E-state index >= 15 is 0 Å². The van der Waals surface area contributed by atoms with E-state index in [1.54, 1.807) is 6.20 Å². The molecule has 3 nitrogen and oxygen atoms in total. The average molecular weight is 264 g/mol. The summed E-state index contributed by atoms with van der Waals surface area (Å²) in [5.41, 5.74) is 8.49. The lowest BCUT2D eigenvalue weighted by Crippen LogP contribution is -1.98. The van der Waals surface area contributed by atoms with Gasteiger partial charge in [-0.15, -0.1) is 0 Å². The second-order valence-corrected chi connectivity index (χ2v) is 4.09. The number of rotatable bonds is 1. The maximum atomic E-state index is 5.58. The van der Waals surface area contributed by atoms with E-state index in [-0.39, 0.29) is 0 Å². The number of nitrogen functional groups attached to an aromatic ring is 1. The van der Waals surface area contributed by atoms with Crippen LogP contribution in [0.4, 0.5) is 5.95 Å². The average Bonchev–Trinajstić information content (AvgIpc) is 2.23. The van der Waals surface area contributed by atoms with E-state index in [1.807, 2.05) is 31.2 Å². The van der Waals surface area contributed by atoms with Crippen LogP contribution in [0, 0.1) is 6.92 Å². The van der Waals surface area contributed by atoms with Crippen LogP contribution in [0.3, 0.4) is 0 Å². The van der Waals surface area contributed by atoms with Crippen molar-refractivity contribution in [3.8, 4) is 11.3 Å². The molecule has 0 aliphatic rings. The highest BCUT2D eigenvalue weighted by molar-refractivity contribution is 9.10. The summed E-state index contributed by atoms with van der Waals surface area (Å²) in [6.07, 6.45) is 1.73. The van der Waals surface area contributed by atoms with Crippen molar-refractivity contribution in [2.45, 2.75) is 6.92 Å². The molecule has 0 aliphatic heterocycles. The third-order valence-corrected chi connectivity index (χ3v) is 2.81. The van der Waals surface area contributed by atoms with Gasteiger partial charge in [-0.3, -0.25) is 0 Å². The third-order valence-electron chi connectivity index (χ3n) is 2.12. The molecule has 2 rings (SSSR count). The number of hydrogen-bond donors (Lipinski definition) is 1. The number of aryl methyl sites for hydroxylation is 1. The molecule has 4 heteroatoms. The molecule has 1 heterocycles. The lowest BCUT2D eigenvalue weighted by atomic mass is 10.1. The second-order valence-electron chi connectivity index (χ2n) is 3.24. The second kappa shape index (κ2) is 3.98. The predicted octanol–water partition coefficient (Wildman–Crippen LogP) is 2.80. The van der Waals surface area contributed by atoms with E-state index in [4.69, 9.17) is 5.73 Å². The Morgan fingerprint density at radius 2 is 2.00 bits per heavy atom. The number of hydrogen-bond acceptors (Lipinski definition) is 3. The van der Waals surface area contributed by atoms with Gasteiger partial charge in [0.2, 0.25) is 5.95 Å². The fourth-order valence-corrected chi connectivity index (χ4v) is 1.85. The lowest BCUT2D eigenvalue weighted by molar-refractivity contribution is 1.15. The van der Waals surface area contributed by atoms with Gasteiger partial charge in [-0.1, -0.05) is 34.1 Å². The molecule has 0 saturated heterocycles. The zero-order chi connectivity index (χ0) is 10.8. The van der Waals surface area contributed by atoms with Gasteiger partial charge in [-0.05, 0) is 18.6 Å². The van der Waals surface area contributed by atoms with Crippen LogP contribution in [-0.4, -0.2) is 9.97 Å². The summed E-state index contributed by atoms with van der Waals surface area (Å²) in [7, 11) is 0. The molecular formula is C11H10BrN3. The first kappa shape index (κ1) is 10.1. The van der Waals surface area contributed by atoms with Gasteiger partial charge in [0.25, 0.3) is 0 Å². The van der Waals surface area contributed by atoms with Crippen molar-refractivity contribution >= 4 is 21.9 Å². The van der Waals surface area contributed by atoms with E-state index in [0.717, 1.165) is 21.3 Å². The summed E-state index contributed by atoms with van der Waals surface area (Å²) in [4.78, 5) is 8.19. The van der Waals surface area contributed by atoms with Crippen molar-refractivity contribution in [2.24, 2.45) is 0 Å². The van der Waals surface area contributed by atoms with Crippen molar-refractivity contribution in [3.05, 3.63) is 40.5 Å². The molecule has 1 aromatic carbocycles. The van der Waals surface area contributed by atoms with Gasteiger partial charge in [-0.25, -0.2) is 9.97 Å². The van der Waals surface area contributed by atoms with E-state index < -0.39 is 0 Å². The van der Waals surface area contributed by atoms with Crippen LogP contribution in [0.2, 0.25) is 0 Å². The molecule has 0 aliphatic carbocycles. The molecule has 0 radical (unpaired) electrons. The Hall–Kier alpha value is -1.42. The maximum Gasteiger partial charge on any atom is 0.220 e. The van der Waals surface area contributed by atoms with Crippen LogP contribution >= 0.6 is 15.9 Å². The van der Waals surface area contributed by atoms with Crippen LogP contribution in [0.15, 0.2) is 34.9 Å². The molecule has 2 N–H and O–H groups in total. The number of nitrogens with two attached hydrogens (primary N) is 1. The van der Waals surface area contributed by atoms with Crippen molar-refractivity contribution in [1.82, 2.24) is 9.97 Å². The Morgan fingerprint density at radius 3 is 2.73 bits per heavy atom. The summed E-state index contributed by atoms with van der Waals surface area (Å²) in [5.74, 6) is 0.298. The van der Waals surface area contributed by atoms with Crippen LogP contribution in [0.1, 0.15) is 5.56 Å².